The molecular weight excluding hydrogens is 968 g/mol. The fraction of sp³-hybridized carbons (Fsp3) is 0.750. The smallest absolute Gasteiger partial charge is 0.462 e. The number of hydrogen-bond acceptors (Lipinski definition) is 18. The average Bonchev–Trinajstić information content (AvgIpc) is 3.30. The molecule has 2 aliphatic rings. The molecule has 0 radical (unpaired) electrons. The maximum atomic E-state index is 13.3. The Balaban J connectivity index is 1.82. The number of phosphoric acid groups is 2. The highest BCUT2D eigenvalue weighted by atomic mass is 31.3. The number of phosphoric ester groups is 2. The molecule has 0 amide bonds. The quantitative estimate of drug-likeness (QED) is 0.0270. The SMILES string of the molecule is CCCCCC/C=C\CCCCCCCC(=O)OC[C@@H]1COP(=O)(O)OP(=O)(O)OC[C@H]2O[C@@H](n3ccc(N)nc3=O)[C@@H](CC=CCCCC(=O)O1)[C@@H](O)C[C@@H](O)[C@H](/C=C\[C@@H](O)CCCCC)[C@H](O)[C@@H]2O. The number of hydrogen-bond donors (Lipinski definition) is 8. The van der Waals surface area contributed by atoms with Crippen LogP contribution in [0.2, 0.25) is 0 Å². The van der Waals surface area contributed by atoms with Crippen LogP contribution in [0.25, 0.3) is 0 Å². The molecule has 1 fully saturated rings. The molecule has 2 bridgehead atoms. The predicted octanol–water partition coefficient (Wildman–Crippen LogP) is 6.38. The summed E-state index contributed by atoms with van der Waals surface area (Å²) in [6.45, 7) is 1.47. The van der Waals surface area contributed by atoms with E-state index in [4.69, 9.17) is 29.0 Å². The monoisotopic (exact) mass is 1050 g/mol. The van der Waals surface area contributed by atoms with Crippen molar-refractivity contribution in [2.45, 2.75) is 198 Å². The number of cyclic esters (lactones) is 1. The second kappa shape index (κ2) is 33.6. The van der Waals surface area contributed by atoms with Gasteiger partial charge in [0, 0.05) is 37.3 Å². The van der Waals surface area contributed by atoms with E-state index >= 15 is 0 Å². The molecular formula is C48H81N3O18P2. The Morgan fingerprint density at radius 1 is 0.887 bits per heavy atom. The molecule has 3 rings (SSSR count). The minimum Gasteiger partial charge on any atom is -0.462 e. The molecule has 2 unspecified atom stereocenters. The van der Waals surface area contributed by atoms with E-state index < -0.39 is 120 Å². The van der Waals surface area contributed by atoms with Gasteiger partial charge in [-0.05, 0) is 63.9 Å². The number of rotatable bonds is 22. The van der Waals surface area contributed by atoms with E-state index in [0.717, 1.165) is 55.9 Å². The number of nitrogen functional groups attached to an aromatic ring is 1. The number of aliphatic hydroxyl groups excluding tert-OH is 5. The van der Waals surface area contributed by atoms with Crippen molar-refractivity contribution in [3.8, 4) is 0 Å². The molecule has 1 aromatic rings. The number of nitrogens with zero attached hydrogens (tertiary/aromatic N) is 2. The van der Waals surface area contributed by atoms with Gasteiger partial charge in [-0.25, -0.2) is 13.9 Å². The number of ether oxygens (including phenoxy) is 3. The number of fused-ring (bicyclic) bond motifs is 3. The molecule has 1 aromatic heterocycles. The number of aromatic nitrogens is 2. The molecule has 12 atom stereocenters. The molecule has 1 saturated heterocycles. The first-order chi connectivity index (χ1) is 33.9. The molecule has 0 spiro atoms. The van der Waals surface area contributed by atoms with Crippen LogP contribution in [0, 0.1) is 11.8 Å². The topological polar surface area (TPSA) is 326 Å². The number of carbonyl (C=O) groups excluding carboxylic acids is 2. The highest BCUT2D eigenvalue weighted by Crippen LogP contribution is 2.60. The number of aliphatic hydroxyl groups is 5. The van der Waals surface area contributed by atoms with Gasteiger partial charge in [0.2, 0.25) is 0 Å². The van der Waals surface area contributed by atoms with Crippen molar-refractivity contribution in [1.29, 1.82) is 0 Å². The minimum absolute atomic E-state index is 0.0705. The van der Waals surface area contributed by atoms with Crippen molar-refractivity contribution in [1.82, 2.24) is 9.55 Å². The predicted molar refractivity (Wildman–Crippen MR) is 263 cm³/mol. The lowest BCUT2D eigenvalue weighted by Crippen LogP contribution is -2.52. The van der Waals surface area contributed by atoms with Gasteiger partial charge < -0.3 is 55.3 Å². The van der Waals surface area contributed by atoms with E-state index in [2.05, 4.69) is 28.4 Å². The number of esters is 2. The fourth-order valence-electron chi connectivity index (χ4n) is 8.17. The Morgan fingerprint density at radius 2 is 1.54 bits per heavy atom. The van der Waals surface area contributed by atoms with Crippen LogP contribution < -0.4 is 11.4 Å². The lowest BCUT2D eigenvalue weighted by molar-refractivity contribution is -0.194. The first kappa shape index (κ1) is 62.2. The summed E-state index contributed by atoms with van der Waals surface area (Å²) in [5, 5.41) is 57.4. The molecule has 0 aliphatic carbocycles. The molecule has 3 heterocycles. The number of unbranched alkanes of at least 4 members (excludes halogenated alkanes) is 11. The van der Waals surface area contributed by atoms with Gasteiger partial charge in [0.05, 0.1) is 37.6 Å². The lowest BCUT2D eigenvalue weighted by Gasteiger charge is -2.40. The zero-order valence-electron chi connectivity index (χ0n) is 41.4. The highest BCUT2D eigenvalue weighted by molar-refractivity contribution is 7.61. The van der Waals surface area contributed by atoms with Gasteiger partial charge in [0.25, 0.3) is 0 Å². The van der Waals surface area contributed by atoms with Crippen LogP contribution in [-0.4, -0.2) is 119 Å². The van der Waals surface area contributed by atoms with Crippen molar-refractivity contribution in [2.24, 2.45) is 11.8 Å². The van der Waals surface area contributed by atoms with Crippen LogP contribution in [0.3, 0.4) is 0 Å². The normalized spacial score (nSPS) is 30.5. The van der Waals surface area contributed by atoms with Crippen LogP contribution >= 0.6 is 15.6 Å². The summed E-state index contributed by atoms with van der Waals surface area (Å²) in [5.41, 5.74) is 4.77. The van der Waals surface area contributed by atoms with Crippen LogP contribution in [-0.2, 0) is 46.3 Å². The van der Waals surface area contributed by atoms with Gasteiger partial charge >= 0.3 is 33.3 Å². The molecule has 71 heavy (non-hydrogen) atoms. The van der Waals surface area contributed by atoms with Crippen molar-refractivity contribution in [3.05, 3.63) is 59.2 Å². The largest absolute Gasteiger partial charge is 0.481 e. The third-order valence-corrected chi connectivity index (χ3v) is 14.8. The first-order valence-corrected chi connectivity index (χ1v) is 28.2. The standard InChI is InChI=1S/C48H81N3O18P2/c1-3-5-7-8-9-10-11-12-13-14-15-16-21-25-43(55)64-32-36-33-65-70(60,61)69-71(62,63)66-34-41-46(58)45(57)37(28-27-35(52)23-19-6-4-2)39(53)31-40(54)38(24-20-17-18-22-26-44(56)67-36)47(68-41)51-30-29-42(49)50-48(51)59/h10-11,17,20,27-30,35-41,45-47,52-54,57-58H,3-9,12-16,18-19,21-26,31-34H2,1-2H3,(H,60,61)(H,62,63)(H2,49,50,59)/b11-10-,20-17?,28-27-/t35-,36+,37-,38-,39+,40-,41+,45-,46+,47+/m0/s1. The molecule has 2 aliphatic heterocycles. The molecule has 23 heteroatoms. The fourth-order valence-corrected chi connectivity index (χ4v) is 10.3. The number of nitrogens with two attached hydrogens (primary N) is 1. The number of anilines is 1. The van der Waals surface area contributed by atoms with Crippen LogP contribution in [0.15, 0.2) is 53.5 Å². The number of allylic oxidation sites excluding steroid dienone is 4. The Morgan fingerprint density at radius 3 is 2.23 bits per heavy atom. The molecule has 0 aromatic carbocycles. The van der Waals surface area contributed by atoms with Crippen molar-refractivity contribution in [2.75, 3.05) is 25.6 Å². The highest BCUT2D eigenvalue weighted by Gasteiger charge is 2.45. The Kier molecular flexibility index (Phi) is 29.4. The van der Waals surface area contributed by atoms with Crippen LogP contribution in [0.5, 0.6) is 0 Å². The molecule has 9 N–H and O–H groups in total. The van der Waals surface area contributed by atoms with Gasteiger partial charge in [0.1, 0.15) is 30.9 Å². The minimum atomic E-state index is -5.70. The second-order valence-corrected chi connectivity index (χ2v) is 21.3. The molecule has 21 nitrogen and oxygen atoms in total. The molecule has 0 saturated carbocycles. The van der Waals surface area contributed by atoms with Gasteiger partial charge in [-0.15, -0.1) is 0 Å². The number of carbonyl (C=O) groups is 2. The van der Waals surface area contributed by atoms with E-state index in [0.29, 0.717) is 19.3 Å². The van der Waals surface area contributed by atoms with Gasteiger partial charge in [-0.2, -0.15) is 9.29 Å². The summed E-state index contributed by atoms with van der Waals surface area (Å²) in [6, 6.07) is 1.24. The third kappa shape index (κ3) is 24.6. The lowest BCUT2D eigenvalue weighted by atomic mass is 9.82. The second-order valence-electron chi connectivity index (χ2n) is 18.3. The van der Waals surface area contributed by atoms with Gasteiger partial charge in [-0.1, -0.05) is 108 Å². The van der Waals surface area contributed by atoms with Gasteiger partial charge in [0.15, 0.2) is 6.10 Å². The van der Waals surface area contributed by atoms with Crippen molar-refractivity contribution >= 4 is 33.4 Å². The molecule has 406 valence electrons. The Hall–Kier alpha value is -3.14. The zero-order valence-corrected chi connectivity index (χ0v) is 43.1. The van der Waals surface area contributed by atoms with E-state index in [1.165, 1.54) is 50.1 Å². The maximum absolute atomic E-state index is 13.3. The summed E-state index contributed by atoms with van der Waals surface area (Å²) in [7, 11) is -11.3. The Labute approximate surface area is 417 Å². The summed E-state index contributed by atoms with van der Waals surface area (Å²) in [4.78, 5) is 64.0. The maximum Gasteiger partial charge on any atom is 0.481 e. The van der Waals surface area contributed by atoms with Crippen LogP contribution in [0.4, 0.5) is 5.82 Å². The van der Waals surface area contributed by atoms with E-state index in [9.17, 15) is 58.8 Å². The third-order valence-electron chi connectivity index (χ3n) is 12.2. The zero-order chi connectivity index (χ0) is 52.2. The van der Waals surface area contributed by atoms with E-state index in [1.807, 2.05) is 6.92 Å². The first-order valence-electron chi connectivity index (χ1n) is 25.3. The average molecular weight is 1050 g/mol. The summed E-state index contributed by atoms with van der Waals surface area (Å²) in [6.07, 6.45) is 12.3. The van der Waals surface area contributed by atoms with Crippen LogP contribution in [0.1, 0.15) is 155 Å². The van der Waals surface area contributed by atoms with E-state index in [-0.39, 0.29) is 37.9 Å². The summed E-state index contributed by atoms with van der Waals surface area (Å²) < 4.78 is 58.9. The van der Waals surface area contributed by atoms with Crippen molar-refractivity contribution in [3.63, 3.8) is 0 Å². The summed E-state index contributed by atoms with van der Waals surface area (Å²) >= 11 is 0. The Bertz CT molecular complexity index is 1950. The van der Waals surface area contributed by atoms with Crippen molar-refractivity contribution < 1.29 is 81.6 Å². The van der Waals surface area contributed by atoms with E-state index in [1.54, 1.807) is 12.2 Å². The van der Waals surface area contributed by atoms with Gasteiger partial charge in [-0.3, -0.25) is 23.2 Å². The summed E-state index contributed by atoms with van der Waals surface area (Å²) in [5.74, 6) is -4.14.